The lowest BCUT2D eigenvalue weighted by Crippen LogP contribution is -2.54. The monoisotopic (exact) mass is 562 g/mol. The Bertz CT molecular complexity index is 1250. The summed E-state index contributed by atoms with van der Waals surface area (Å²) < 4.78 is 11.0. The lowest BCUT2D eigenvalue weighted by atomic mass is 9.97. The van der Waals surface area contributed by atoms with E-state index in [-0.39, 0.29) is 31.4 Å². The van der Waals surface area contributed by atoms with Gasteiger partial charge in [-0.3, -0.25) is 9.59 Å². The van der Waals surface area contributed by atoms with Gasteiger partial charge in [0.05, 0.1) is 18.0 Å². The Balaban J connectivity index is 1.55. The number of benzene rings is 2. The van der Waals surface area contributed by atoms with Crippen LogP contribution in [0.5, 0.6) is 0 Å². The minimum Gasteiger partial charge on any atom is -0.445 e. The van der Waals surface area contributed by atoms with Crippen LogP contribution < -0.4 is 10.6 Å². The van der Waals surface area contributed by atoms with Crippen LogP contribution in [-0.2, 0) is 25.7 Å². The Kier molecular flexibility index (Phi) is 9.31. The van der Waals surface area contributed by atoms with Gasteiger partial charge in [0, 0.05) is 18.8 Å². The van der Waals surface area contributed by atoms with Gasteiger partial charge in [0.25, 0.3) is 0 Å². The maximum absolute atomic E-state index is 13.8. The van der Waals surface area contributed by atoms with Crippen LogP contribution in [0.1, 0.15) is 39.2 Å². The fourth-order valence-electron chi connectivity index (χ4n) is 5.38. The van der Waals surface area contributed by atoms with Gasteiger partial charge in [-0.25, -0.2) is 9.59 Å². The quantitative estimate of drug-likeness (QED) is 0.463. The highest BCUT2D eigenvalue weighted by molar-refractivity contribution is 5.95. The number of rotatable bonds is 8. The SMILES string of the molecule is C=CCC(NC(=O)OC(C)(C)C)C(=O)N1CC[C@@H]2[C@H]1C(C(=O)Nc1ccccc1)CN2C(=O)OCc1ccccc1. The van der Waals surface area contributed by atoms with E-state index in [9.17, 15) is 19.2 Å². The molecule has 218 valence electrons. The molecule has 2 unspecified atom stereocenters. The first kappa shape index (κ1) is 29.6. The molecule has 0 spiro atoms. The fourth-order valence-corrected chi connectivity index (χ4v) is 5.38. The van der Waals surface area contributed by atoms with Crippen molar-refractivity contribution in [2.75, 3.05) is 18.4 Å². The maximum Gasteiger partial charge on any atom is 0.410 e. The summed E-state index contributed by atoms with van der Waals surface area (Å²) in [6, 6.07) is 16.4. The predicted octanol–water partition coefficient (Wildman–Crippen LogP) is 4.33. The number of nitrogens with one attached hydrogen (secondary N) is 2. The summed E-state index contributed by atoms with van der Waals surface area (Å²) in [4.78, 5) is 56.4. The van der Waals surface area contributed by atoms with E-state index in [2.05, 4.69) is 17.2 Å². The lowest BCUT2D eigenvalue weighted by molar-refractivity contribution is -0.136. The number of hydrogen-bond acceptors (Lipinski definition) is 6. The molecular formula is C31H38N4O6. The molecule has 10 nitrogen and oxygen atoms in total. The molecule has 0 radical (unpaired) electrons. The van der Waals surface area contributed by atoms with Gasteiger partial charge in [-0.2, -0.15) is 0 Å². The molecule has 2 N–H and O–H groups in total. The molecule has 0 aromatic heterocycles. The highest BCUT2D eigenvalue weighted by Crippen LogP contribution is 2.37. The van der Waals surface area contributed by atoms with Crippen molar-refractivity contribution in [1.82, 2.24) is 15.1 Å². The topological polar surface area (TPSA) is 117 Å². The third kappa shape index (κ3) is 7.45. The number of carbonyl (C=O) groups excluding carboxylic acids is 4. The van der Waals surface area contributed by atoms with Crippen molar-refractivity contribution in [2.24, 2.45) is 5.92 Å². The normalized spacial score (nSPS) is 20.5. The number of amides is 4. The second-order valence-electron chi connectivity index (χ2n) is 11.3. The molecule has 4 amide bonds. The highest BCUT2D eigenvalue weighted by Gasteiger charge is 2.55. The molecule has 4 atom stereocenters. The van der Waals surface area contributed by atoms with E-state index in [1.165, 1.54) is 0 Å². The Morgan fingerprint density at radius 2 is 1.68 bits per heavy atom. The van der Waals surface area contributed by atoms with Gasteiger partial charge >= 0.3 is 12.2 Å². The molecule has 0 aliphatic carbocycles. The van der Waals surface area contributed by atoms with Crippen molar-refractivity contribution in [1.29, 1.82) is 0 Å². The standard InChI is InChI=1S/C31H38N4O6/c1-5-12-24(33-29(38)41-31(2,3)4)28(37)34-18-17-25-26(34)23(27(36)32-22-15-10-7-11-16-22)19-35(25)30(39)40-20-21-13-8-6-9-14-21/h5-11,13-16,23-26H,1,12,17-20H2,2-4H3,(H,32,36)(H,33,38)/t23?,24?,25-,26-/m1/s1. The molecule has 4 rings (SSSR count). The Morgan fingerprint density at radius 1 is 1.02 bits per heavy atom. The molecule has 2 saturated heterocycles. The summed E-state index contributed by atoms with van der Waals surface area (Å²) in [6.07, 6.45) is 0.941. The van der Waals surface area contributed by atoms with E-state index >= 15 is 0 Å². The molecule has 2 aromatic carbocycles. The van der Waals surface area contributed by atoms with Crippen molar-refractivity contribution in [2.45, 2.75) is 63.9 Å². The fraction of sp³-hybridized carbons (Fsp3) is 0.419. The Morgan fingerprint density at radius 3 is 2.32 bits per heavy atom. The Hall–Kier alpha value is -4.34. The number of carbonyl (C=O) groups is 4. The lowest BCUT2D eigenvalue weighted by Gasteiger charge is -2.31. The van der Waals surface area contributed by atoms with E-state index in [0.717, 1.165) is 5.56 Å². The molecule has 0 bridgehead atoms. The van der Waals surface area contributed by atoms with Crippen molar-refractivity contribution in [3.05, 3.63) is 78.9 Å². The molecule has 2 aromatic rings. The van der Waals surface area contributed by atoms with E-state index in [0.29, 0.717) is 18.7 Å². The van der Waals surface area contributed by atoms with E-state index in [4.69, 9.17) is 9.47 Å². The van der Waals surface area contributed by atoms with Crippen LogP contribution in [0.15, 0.2) is 73.3 Å². The van der Waals surface area contributed by atoms with Crippen molar-refractivity contribution >= 4 is 29.7 Å². The van der Waals surface area contributed by atoms with Crippen LogP contribution in [0.3, 0.4) is 0 Å². The number of anilines is 1. The third-order valence-corrected chi connectivity index (χ3v) is 7.12. The second-order valence-corrected chi connectivity index (χ2v) is 11.3. The number of ether oxygens (including phenoxy) is 2. The van der Waals surface area contributed by atoms with Crippen LogP contribution >= 0.6 is 0 Å². The molecule has 41 heavy (non-hydrogen) atoms. The molecule has 2 aliphatic rings. The number of likely N-dealkylation sites (tertiary alicyclic amines) is 2. The van der Waals surface area contributed by atoms with Gasteiger partial charge in [-0.1, -0.05) is 54.6 Å². The average Bonchev–Trinajstić information content (AvgIpc) is 3.52. The number of nitrogens with zero attached hydrogens (tertiary/aromatic N) is 2. The first-order valence-corrected chi connectivity index (χ1v) is 13.8. The van der Waals surface area contributed by atoms with Crippen LogP contribution in [0, 0.1) is 5.92 Å². The van der Waals surface area contributed by atoms with Gasteiger partial charge < -0.3 is 29.9 Å². The Labute approximate surface area is 240 Å². The summed E-state index contributed by atoms with van der Waals surface area (Å²) in [5.41, 5.74) is 0.724. The maximum atomic E-state index is 13.8. The average molecular weight is 563 g/mol. The zero-order valence-corrected chi connectivity index (χ0v) is 23.7. The number of alkyl carbamates (subject to hydrolysis) is 1. The van der Waals surface area contributed by atoms with Crippen molar-refractivity contribution in [3.8, 4) is 0 Å². The largest absolute Gasteiger partial charge is 0.445 e. The molecule has 10 heteroatoms. The van der Waals surface area contributed by atoms with Crippen LogP contribution in [0.25, 0.3) is 0 Å². The first-order valence-electron chi connectivity index (χ1n) is 13.8. The highest BCUT2D eigenvalue weighted by atomic mass is 16.6. The smallest absolute Gasteiger partial charge is 0.410 e. The molecule has 2 aliphatic heterocycles. The summed E-state index contributed by atoms with van der Waals surface area (Å²) in [5.74, 6) is -1.37. The van der Waals surface area contributed by atoms with Gasteiger partial charge in [0.1, 0.15) is 18.2 Å². The number of fused-ring (bicyclic) bond motifs is 1. The minimum absolute atomic E-state index is 0.0943. The predicted molar refractivity (Wildman–Crippen MR) is 154 cm³/mol. The van der Waals surface area contributed by atoms with Crippen LogP contribution in [0.4, 0.5) is 15.3 Å². The van der Waals surface area contributed by atoms with E-state index < -0.39 is 41.8 Å². The zero-order valence-electron chi connectivity index (χ0n) is 23.7. The van der Waals surface area contributed by atoms with Gasteiger partial charge in [-0.05, 0) is 51.3 Å². The van der Waals surface area contributed by atoms with Gasteiger partial charge in [-0.15, -0.1) is 6.58 Å². The molecule has 0 saturated carbocycles. The van der Waals surface area contributed by atoms with Crippen LogP contribution in [-0.4, -0.2) is 70.6 Å². The number of para-hydroxylation sites is 1. The number of hydrogen-bond donors (Lipinski definition) is 2. The van der Waals surface area contributed by atoms with E-state index in [1.54, 1.807) is 48.8 Å². The summed E-state index contributed by atoms with van der Waals surface area (Å²) in [7, 11) is 0. The summed E-state index contributed by atoms with van der Waals surface area (Å²) >= 11 is 0. The zero-order chi connectivity index (χ0) is 29.6. The van der Waals surface area contributed by atoms with Crippen LogP contribution in [0.2, 0.25) is 0 Å². The van der Waals surface area contributed by atoms with E-state index in [1.807, 2.05) is 48.5 Å². The van der Waals surface area contributed by atoms with Crippen molar-refractivity contribution < 1.29 is 28.7 Å². The third-order valence-electron chi connectivity index (χ3n) is 7.12. The molecular weight excluding hydrogens is 524 g/mol. The second kappa shape index (κ2) is 12.9. The van der Waals surface area contributed by atoms with Crippen molar-refractivity contribution in [3.63, 3.8) is 0 Å². The summed E-state index contributed by atoms with van der Waals surface area (Å²) in [5, 5.41) is 5.58. The first-order chi connectivity index (χ1) is 19.6. The minimum atomic E-state index is -0.932. The molecule has 2 fully saturated rings. The van der Waals surface area contributed by atoms with Gasteiger partial charge in [0.2, 0.25) is 11.8 Å². The summed E-state index contributed by atoms with van der Waals surface area (Å²) in [6.45, 7) is 9.45. The van der Waals surface area contributed by atoms with Gasteiger partial charge in [0.15, 0.2) is 0 Å². The molecule has 2 heterocycles.